The zero-order valence-corrected chi connectivity index (χ0v) is 14.6. The van der Waals surface area contributed by atoms with E-state index in [4.69, 9.17) is 0 Å². The lowest BCUT2D eigenvalue weighted by molar-refractivity contribution is -0.113. The molecule has 22 heavy (non-hydrogen) atoms. The van der Waals surface area contributed by atoms with Gasteiger partial charge in [-0.3, -0.25) is 4.79 Å². The van der Waals surface area contributed by atoms with Gasteiger partial charge in [-0.2, -0.15) is 11.8 Å². The Balaban J connectivity index is 1.67. The minimum absolute atomic E-state index is 0.315. The van der Waals surface area contributed by atoms with Crippen molar-refractivity contribution in [1.82, 2.24) is 4.90 Å². The molecule has 0 amide bonds. The van der Waals surface area contributed by atoms with Crippen molar-refractivity contribution in [3.63, 3.8) is 0 Å². The summed E-state index contributed by atoms with van der Waals surface area (Å²) in [4.78, 5) is 14.4. The van der Waals surface area contributed by atoms with E-state index in [2.05, 4.69) is 25.1 Å². The maximum atomic E-state index is 12.1. The van der Waals surface area contributed by atoms with E-state index in [1.54, 1.807) is 0 Å². The molecule has 2 nitrogen and oxygen atoms in total. The topological polar surface area (TPSA) is 20.3 Å². The predicted molar refractivity (Wildman–Crippen MR) is 97.3 cm³/mol. The van der Waals surface area contributed by atoms with E-state index in [1.807, 2.05) is 42.1 Å². The van der Waals surface area contributed by atoms with Crippen LogP contribution < -0.4 is 0 Å². The second-order valence-electron chi connectivity index (χ2n) is 6.25. The predicted octanol–water partition coefficient (Wildman–Crippen LogP) is 4.12. The number of ketones is 1. The highest BCUT2D eigenvalue weighted by atomic mass is 32.2. The normalized spacial score (nSPS) is 18.0. The maximum Gasteiger partial charge on any atom is 0.163 e. The van der Waals surface area contributed by atoms with Crippen LogP contribution in [0.15, 0.2) is 36.4 Å². The van der Waals surface area contributed by atoms with Crippen molar-refractivity contribution in [3.8, 4) is 0 Å². The molecule has 0 heterocycles. The molecule has 0 bridgehead atoms. The number of Topliss-reactive ketones (excluding diaryl/α,β-unsaturated/α-hetero) is 1. The van der Waals surface area contributed by atoms with Crippen LogP contribution in [-0.2, 0) is 4.79 Å². The smallest absolute Gasteiger partial charge is 0.163 e. The highest BCUT2D eigenvalue weighted by molar-refractivity contribution is 7.99. The summed E-state index contributed by atoms with van der Waals surface area (Å²) in [6.45, 7) is 1.17. The van der Waals surface area contributed by atoms with E-state index >= 15 is 0 Å². The summed E-state index contributed by atoms with van der Waals surface area (Å²) in [5.74, 6) is 3.22. The van der Waals surface area contributed by atoms with Gasteiger partial charge in [-0.25, -0.2) is 0 Å². The third kappa shape index (κ3) is 5.62. The van der Waals surface area contributed by atoms with E-state index in [1.165, 1.54) is 30.9 Å². The van der Waals surface area contributed by atoms with Gasteiger partial charge in [0.2, 0.25) is 0 Å². The fraction of sp³-hybridized carbons (Fsp3) is 0.526. The minimum atomic E-state index is 0.315. The molecule has 0 aromatic heterocycles. The summed E-state index contributed by atoms with van der Waals surface area (Å²) >= 11 is 2.04. The Hall–Kier alpha value is -1.06. The highest BCUT2D eigenvalue weighted by Gasteiger charge is 2.24. The summed E-state index contributed by atoms with van der Waals surface area (Å²) in [6.07, 6.45) is 6.52. The number of carbonyl (C=O) groups is 1. The standard InChI is InChI=1S/C19H27NOS/c1-20(2)11-7-13-22-12-6-8-16-14-18(19(21)15-16)17-9-4-3-5-10-17/h3-5,9-10,14,16H,6-8,11-13,15H2,1-2H3. The quantitative estimate of drug-likeness (QED) is 0.639. The third-order valence-corrected chi connectivity index (χ3v) is 5.15. The Morgan fingerprint density at radius 3 is 2.59 bits per heavy atom. The van der Waals surface area contributed by atoms with Crippen molar-refractivity contribution in [2.75, 3.05) is 32.1 Å². The molecule has 0 N–H and O–H groups in total. The fourth-order valence-corrected chi connectivity index (χ4v) is 3.74. The first-order chi connectivity index (χ1) is 10.7. The first kappa shape index (κ1) is 17.3. The van der Waals surface area contributed by atoms with Crippen LogP contribution in [0.25, 0.3) is 5.57 Å². The van der Waals surface area contributed by atoms with Crippen molar-refractivity contribution in [3.05, 3.63) is 42.0 Å². The lowest BCUT2D eigenvalue weighted by Crippen LogP contribution is -2.13. The van der Waals surface area contributed by atoms with Gasteiger partial charge in [0.05, 0.1) is 0 Å². The van der Waals surface area contributed by atoms with E-state index in [0.717, 1.165) is 17.6 Å². The van der Waals surface area contributed by atoms with Crippen LogP contribution in [0, 0.1) is 5.92 Å². The van der Waals surface area contributed by atoms with Gasteiger partial charge in [0.1, 0.15) is 0 Å². The van der Waals surface area contributed by atoms with E-state index < -0.39 is 0 Å². The highest BCUT2D eigenvalue weighted by Crippen LogP contribution is 2.31. The molecule has 2 rings (SSSR count). The second kappa shape index (κ2) is 9.16. The Morgan fingerprint density at radius 1 is 1.14 bits per heavy atom. The second-order valence-corrected chi connectivity index (χ2v) is 7.47. The van der Waals surface area contributed by atoms with Crippen LogP contribution in [0.3, 0.4) is 0 Å². The summed E-state index contributed by atoms with van der Waals surface area (Å²) in [5, 5.41) is 0. The summed E-state index contributed by atoms with van der Waals surface area (Å²) in [7, 11) is 4.25. The fourth-order valence-electron chi connectivity index (χ4n) is 2.83. The molecule has 1 aliphatic carbocycles. The Labute approximate surface area is 139 Å². The van der Waals surface area contributed by atoms with Gasteiger partial charge in [-0.15, -0.1) is 0 Å². The average molecular weight is 317 g/mol. The monoisotopic (exact) mass is 317 g/mol. The molecular weight excluding hydrogens is 290 g/mol. The van der Waals surface area contributed by atoms with Crippen molar-refractivity contribution >= 4 is 23.1 Å². The zero-order chi connectivity index (χ0) is 15.8. The Kier molecular flexibility index (Phi) is 7.20. The molecule has 1 unspecified atom stereocenters. The number of hydrogen-bond acceptors (Lipinski definition) is 3. The Bertz CT molecular complexity index is 495. The number of hydrogen-bond donors (Lipinski definition) is 0. The minimum Gasteiger partial charge on any atom is -0.309 e. The maximum absolute atomic E-state index is 12.1. The number of rotatable bonds is 9. The average Bonchev–Trinajstić information content (AvgIpc) is 2.88. The SMILES string of the molecule is CN(C)CCCSCCCC1C=C(c2ccccc2)C(=O)C1. The van der Waals surface area contributed by atoms with Gasteiger partial charge >= 0.3 is 0 Å². The molecular formula is C19H27NOS. The lowest BCUT2D eigenvalue weighted by atomic mass is 10.0. The Morgan fingerprint density at radius 2 is 1.86 bits per heavy atom. The van der Waals surface area contributed by atoms with Crippen LogP contribution >= 0.6 is 11.8 Å². The number of allylic oxidation sites excluding steroid dienone is 2. The van der Waals surface area contributed by atoms with E-state index in [0.29, 0.717) is 18.1 Å². The van der Waals surface area contributed by atoms with Gasteiger partial charge < -0.3 is 4.90 Å². The number of carbonyl (C=O) groups excluding carboxylic acids is 1. The van der Waals surface area contributed by atoms with Crippen molar-refractivity contribution in [1.29, 1.82) is 0 Å². The van der Waals surface area contributed by atoms with Gasteiger partial charge in [-0.1, -0.05) is 36.4 Å². The molecule has 0 radical (unpaired) electrons. The summed E-state index contributed by atoms with van der Waals surface area (Å²) in [5.41, 5.74) is 2.01. The summed E-state index contributed by atoms with van der Waals surface area (Å²) < 4.78 is 0. The van der Waals surface area contributed by atoms with Crippen LogP contribution in [0.2, 0.25) is 0 Å². The van der Waals surface area contributed by atoms with Crippen molar-refractivity contribution in [2.24, 2.45) is 5.92 Å². The molecule has 0 fully saturated rings. The van der Waals surface area contributed by atoms with E-state index in [9.17, 15) is 4.79 Å². The molecule has 120 valence electrons. The van der Waals surface area contributed by atoms with Crippen LogP contribution in [0.4, 0.5) is 0 Å². The molecule has 0 spiro atoms. The molecule has 0 saturated carbocycles. The van der Waals surface area contributed by atoms with E-state index in [-0.39, 0.29) is 0 Å². The van der Waals surface area contributed by atoms with Gasteiger partial charge in [0, 0.05) is 12.0 Å². The first-order valence-corrected chi connectivity index (χ1v) is 9.35. The summed E-state index contributed by atoms with van der Waals surface area (Å²) in [6, 6.07) is 10.1. The number of benzene rings is 1. The van der Waals surface area contributed by atoms with Crippen LogP contribution in [0.5, 0.6) is 0 Å². The molecule has 1 aliphatic rings. The molecule has 1 aromatic rings. The molecule has 0 saturated heterocycles. The third-order valence-electron chi connectivity index (χ3n) is 3.99. The van der Waals surface area contributed by atoms with Crippen LogP contribution in [0.1, 0.15) is 31.2 Å². The largest absolute Gasteiger partial charge is 0.309 e. The van der Waals surface area contributed by atoms with Gasteiger partial charge in [-0.05, 0) is 62.9 Å². The lowest BCUT2D eigenvalue weighted by Gasteiger charge is -2.09. The van der Waals surface area contributed by atoms with Gasteiger partial charge in [0.15, 0.2) is 5.78 Å². The molecule has 1 atom stereocenters. The molecule has 0 aliphatic heterocycles. The van der Waals surface area contributed by atoms with Crippen LogP contribution in [-0.4, -0.2) is 42.8 Å². The molecule has 3 heteroatoms. The van der Waals surface area contributed by atoms with Crippen molar-refractivity contribution < 1.29 is 4.79 Å². The first-order valence-electron chi connectivity index (χ1n) is 8.19. The number of nitrogens with zero attached hydrogens (tertiary/aromatic N) is 1. The molecule has 1 aromatic carbocycles. The van der Waals surface area contributed by atoms with Crippen molar-refractivity contribution in [2.45, 2.75) is 25.7 Å². The number of thioether (sulfide) groups is 1. The van der Waals surface area contributed by atoms with Gasteiger partial charge in [0.25, 0.3) is 0 Å². The zero-order valence-electron chi connectivity index (χ0n) is 13.8.